The van der Waals surface area contributed by atoms with Crippen LogP contribution in [0.4, 0.5) is 0 Å². The minimum Gasteiger partial charge on any atom is -0.378 e. The first-order valence-electron chi connectivity index (χ1n) is 2.40. The third-order valence-corrected chi connectivity index (χ3v) is 1.08. The number of hydrogen-bond acceptors (Lipinski definition) is 2. The Morgan fingerprint density at radius 1 is 1.71 bits per heavy atom. The first-order chi connectivity index (χ1) is 3.43. The van der Waals surface area contributed by atoms with Gasteiger partial charge in [-0.1, -0.05) is 0 Å². The van der Waals surface area contributed by atoms with Crippen LogP contribution < -0.4 is 0 Å². The van der Waals surface area contributed by atoms with Gasteiger partial charge in [0.25, 0.3) is 0 Å². The van der Waals surface area contributed by atoms with Crippen LogP contribution in [-0.4, -0.2) is 20.3 Å². The fraction of sp³-hybridized carbons (Fsp3) is 0.800. The second-order valence-corrected chi connectivity index (χ2v) is 1.55. The van der Waals surface area contributed by atoms with E-state index in [1.165, 1.54) is 0 Å². The van der Waals surface area contributed by atoms with E-state index in [0.29, 0.717) is 6.61 Å². The molecular weight excluding hydrogens is 92.1 g/mol. The van der Waals surface area contributed by atoms with E-state index in [4.69, 9.17) is 9.47 Å². The quantitative estimate of drug-likeness (QED) is 0.481. The van der Waals surface area contributed by atoms with Crippen molar-refractivity contribution in [2.24, 2.45) is 0 Å². The Morgan fingerprint density at radius 3 is 2.86 bits per heavy atom. The van der Waals surface area contributed by atoms with E-state index in [1.807, 2.05) is 0 Å². The third kappa shape index (κ3) is 1.14. The molecule has 1 aliphatic heterocycles. The predicted molar refractivity (Wildman–Crippen MR) is 25.7 cm³/mol. The van der Waals surface area contributed by atoms with E-state index in [0.717, 1.165) is 19.1 Å². The van der Waals surface area contributed by atoms with Crippen LogP contribution in [0.1, 0.15) is 6.42 Å². The zero-order chi connectivity index (χ0) is 5.11. The molecule has 0 aromatic carbocycles. The second-order valence-electron chi connectivity index (χ2n) is 1.55. The van der Waals surface area contributed by atoms with Crippen molar-refractivity contribution < 1.29 is 9.47 Å². The van der Waals surface area contributed by atoms with Crippen molar-refractivity contribution in [1.82, 2.24) is 0 Å². The average Bonchev–Trinajstić information content (AvgIpc) is 2.14. The summed E-state index contributed by atoms with van der Waals surface area (Å²) >= 11 is 0. The van der Waals surface area contributed by atoms with Crippen LogP contribution in [0.2, 0.25) is 0 Å². The Balaban J connectivity index is 2.14. The van der Waals surface area contributed by atoms with Crippen LogP contribution in [0, 0.1) is 6.10 Å². The summed E-state index contributed by atoms with van der Waals surface area (Å²) in [4.78, 5) is 0. The summed E-state index contributed by atoms with van der Waals surface area (Å²) in [6.07, 6.45) is 2.05. The molecule has 41 valence electrons. The van der Waals surface area contributed by atoms with Gasteiger partial charge in [0.05, 0.1) is 6.61 Å². The van der Waals surface area contributed by atoms with Crippen molar-refractivity contribution in [1.29, 1.82) is 0 Å². The summed E-state index contributed by atoms with van der Waals surface area (Å²) in [6.45, 7) is 1.54. The highest BCUT2D eigenvalue weighted by molar-refractivity contribution is 4.81. The van der Waals surface area contributed by atoms with E-state index in [1.54, 1.807) is 7.11 Å². The van der Waals surface area contributed by atoms with Gasteiger partial charge in [-0.05, 0) is 0 Å². The molecule has 1 fully saturated rings. The molecule has 0 aromatic heterocycles. The Bertz CT molecular complexity index is 48.0. The van der Waals surface area contributed by atoms with Crippen molar-refractivity contribution in [3.8, 4) is 0 Å². The number of rotatable bonds is 1. The summed E-state index contributed by atoms with van der Waals surface area (Å²) in [7, 11) is 1.68. The minimum absolute atomic E-state index is 0.705. The second kappa shape index (κ2) is 2.28. The van der Waals surface area contributed by atoms with Gasteiger partial charge in [-0.3, -0.25) is 0 Å². The standard InChI is InChI=1S/C5H9O2/c1-6-5-2-3-7-4-5/h2-4H2,1H3. The Labute approximate surface area is 43.4 Å². The van der Waals surface area contributed by atoms with Crippen molar-refractivity contribution in [2.75, 3.05) is 20.3 Å². The molecule has 2 nitrogen and oxygen atoms in total. The van der Waals surface area contributed by atoms with E-state index in [2.05, 4.69) is 0 Å². The fourth-order valence-electron chi connectivity index (χ4n) is 0.605. The monoisotopic (exact) mass is 101 g/mol. The summed E-state index contributed by atoms with van der Waals surface area (Å²) in [5, 5.41) is 0. The lowest BCUT2D eigenvalue weighted by atomic mass is 10.3. The van der Waals surface area contributed by atoms with Crippen LogP contribution in [0.15, 0.2) is 0 Å². The zero-order valence-corrected chi connectivity index (χ0v) is 4.44. The highest BCUT2D eigenvalue weighted by Gasteiger charge is 2.14. The van der Waals surface area contributed by atoms with E-state index in [-0.39, 0.29) is 0 Å². The summed E-state index contributed by atoms with van der Waals surface area (Å²) in [5.41, 5.74) is 0. The predicted octanol–water partition coefficient (Wildman–Crippen LogP) is 0.585. The minimum atomic E-state index is 0.705. The maximum Gasteiger partial charge on any atom is 0.124 e. The van der Waals surface area contributed by atoms with E-state index in [9.17, 15) is 0 Å². The molecule has 7 heavy (non-hydrogen) atoms. The van der Waals surface area contributed by atoms with Gasteiger partial charge >= 0.3 is 0 Å². The van der Waals surface area contributed by atoms with Gasteiger partial charge in [0.1, 0.15) is 6.10 Å². The molecule has 2 heteroatoms. The van der Waals surface area contributed by atoms with Gasteiger partial charge in [0, 0.05) is 20.1 Å². The maximum absolute atomic E-state index is 4.99. The van der Waals surface area contributed by atoms with Gasteiger partial charge in [0.15, 0.2) is 0 Å². The highest BCUT2D eigenvalue weighted by Crippen LogP contribution is 2.13. The lowest BCUT2D eigenvalue weighted by Gasteiger charge is -1.98. The van der Waals surface area contributed by atoms with Crippen molar-refractivity contribution in [2.45, 2.75) is 6.42 Å². The molecular formula is C5H9O2. The molecule has 0 N–H and O–H groups in total. The molecule has 1 radical (unpaired) electrons. The first kappa shape index (κ1) is 5.06. The molecule has 1 saturated heterocycles. The summed E-state index contributed by atoms with van der Waals surface area (Å²) in [6, 6.07) is 0. The molecule has 0 bridgehead atoms. The van der Waals surface area contributed by atoms with Crippen LogP contribution in [-0.2, 0) is 9.47 Å². The molecule has 1 heterocycles. The molecule has 0 aliphatic carbocycles. The summed E-state index contributed by atoms with van der Waals surface area (Å²) in [5.74, 6) is 0. The van der Waals surface area contributed by atoms with Gasteiger partial charge in [-0.15, -0.1) is 0 Å². The molecule has 0 unspecified atom stereocenters. The molecule has 0 saturated carbocycles. The smallest absolute Gasteiger partial charge is 0.124 e. The van der Waals surface area contributed by atoms with Crippen LogP contribution >= 0.6 is 0 Å². The Morgan fingerprint density at radius 2 is 2.57 bits per heavy atom. The van der Waals surface area contributed by atoms with Gasteiger partial charge in [0.2, 0.25) is 0 Å². The van der Waals surface area contributed by atoms with Gasteiger partial charge in [-0.25, -0.2) is 0 Å². The van der Waals surface area contributed by atoms with Gasteiger partial charge in [-0.2, -0.15) is 0 Å². The molecule has 0 amide bonds. The molecule has 1 aliphatic rings. The normalized spacial score (nSPS) is 23.6. The lowest BCUT2D eigenvalue weighted by molar-refractivity contribution is 0.150. The lowest BCUT2D eigenvalue weighted by Crippen LogP contribution is -1.96. The number of hydrogen-bond donors (Lipinski definition) is 0. The van der Waals surface area contributed by atoms with Crippen LogP contribution in [0.3, 0.4) is 0 Å². The number of methoxy groups -OCH3 is 1. The third-order valence-electron chi connectivity index (χ3n) is 1.08. The molecule has 0 atom stereocenters. The first-order valence-corrected chi connectivity index (χ1v) is 2.40. The number of ether oxygens (including phenoxy) is 2. The van der Waals surface area contributed by atoms with Crippen molar-refractivity contribution in [3.05, 3.63) is 6.10 Å². The summed E-state index contributed by atoms with van der Waals surface area (Å²) < 4.78 is 9.89. The highest BCUT2D eigenvalue weighted by atomic mass is 16.5. The maximum atomic E-state index is 4.99. The fourth-order valence-corrected chi connectivity index (χ4v) is 0.605. The molecule has 0 aromatic rings. The van der Waals surface area contributed by atoms with Gasteiger partial charge < -0.3 is 9.47 Å². The zero-order valence-electron chi connectivity index (χ0n) is 4.44. The SMILES string of the molecule is CO[C]1CCOC1. The van der Waals surface area contributed by atoms with Crippen LogP contribution in [0.5, 0.6) is 0 Å². The van der Waals surface area contributed by atoms with E-state index >= 15 is 0 Å². The van der Waals surface area contributed by atoms with Crippen molar-refractivity contribution >= 4 is 0 Å². The average molecular weight is 101 g/mol. The Hall–Kier alpha value is -0.0800. The largest absolute Gasteiger partial charge is 0.378 e. The Kier molecular flexibility index (Phi) is 1.65. The van der Waals surface area contributed by atoms with Crippen molar-refractivity contribution in [3.63, 3.8) is 0 Å². The topological polar surface area (TPSA) is 18.5 Å². The molecule has 1 rings (SSSR count). The van der Waals surface area contributed by atoms with E-state index < -0.39 is 0 Å². The van der Waals surface area contributed by atoms with Crippen LogP contribution in [0.25, 0.3) is 0 Å². The molecule has 0 spiro atoms.